The van der Waals surface area contributed by atoms with Crippen molar-refractivity contribution in [2.24, 2.45) is 0 Å². The van der Waals surface area contributed by atoms with Gasteiger partial charge >= 0.3 is 0 Å². The maximum Gasteiger partial charge on any atom is 0.262 e. The molecule has 0 aliphatic rings. The Balaban J connectivity index is 1.83. The van der Waals surface area contributed by atoms with Crippen LogP contribution in [0.15, 0.2) is 52.4 Å². The van der Waals surface area contributed by atoms with Crippen molar-refractivity contribution < 1.29 is 4.79 Å². The minimum atomic E-state index is -0.105. The number of anilines is 1. The summed E-state index contributed by atoms with van der Waals surface area (Å²) in [4.78, 5) is 30.1. The van der Waals surface area contributed by atoms with Crippen molar-refractivity contribution in [3.63, 3.8) is 0 Å². The number of nitrogens with zero attached hydrogens (tertiary/aromatic N) is 2. The van der Waals surface area contributed by atoms with Crippen LogP contribution in [0.4, 0.5) is 5.69 Å². The second-order valence-corrected chi connectivity index (χ2v) is 7.77. The van der Waals surface area contributed by atoms with E-state index in [1.54, 1.807) is 10.6 Å². The number of amides is 1. The Morgan fingerprint density at radius 1 is 1.11 bits per heavy atom. The molecule has 0 fully saturated rings. The van der Waals surface area contributed by atoms with Gasteiger partial charge < -0.3 is 5.32 Å². The van der Waals surface area contributed by atoms with E-state index in [1.165, 1.54) is 11.8 Å². The fourth-order valence-electron chi connectivity index (χ4n) is 3.09. The number of benzene rings is 2. The van der Waals surface area contributed by atoms with E-state index >= 15 is 0 Å². The molecule has 6 heteroatoms. The molecule has 1 N–H and O–H groups in total. The lowest BCUT2D eigenvalue weighted by Crippen LogP contribution is -2.24. The average molecular weight is 396 g/mol. The summed E-state index contributed by atoms with van der Waals surface area (Å²) >= 11 is 1.31. The summed E-state index contributed by atoms with van der Waals surface area (Å²) in [5.41, 5.74) is 3.53. The van der Waals surface area contributed by atoms with Gasteiger partial charge in [-0.25, -0.2) is 4.98 Å². The molecule has 146 valence electrons. The second-order valence-electron chi connectivity index (χ2n) is 6.83. The molecular formula is C22H25N3O2S. The van der Waals surface area contributed by atoms with Crippen LogP contribution in [0.5, 0.6) is 0 Å². The third kappa shape index (κ3) is 4.44. The number of para-hydroxylation sites is 2. The quantitative estimate of drug-likeness (QED) is 0.471. The standard InChI is InChI=1S/C22H25N3O2S/c1-4-5-13-25-21(27)17-11-6-7-12-18(17)23-22(25)28-14-19(26)24-20-15(2)9-8-10-16(20)3/h6-12H,4-5,13-14H2,1-3H3,(H,24,26). The van der Waals surface area contributed by atoms with Crippen LogP contribution in [0.3, 0.4) is 0 Å². The molecule has 0 saturated carbocycles. The highest BCUT2D eigenvalue weighted by Crippen LogP contribution is 2.22. The molecule has 0 aliphatic carbocycles. The van der Waals surface area contributed by atoms with Gasteiger partial charge in [0.15, 0.2) is 5.16 Å². The molecule has 0 saturated heterocycles. The lowest BCUT2D eigenvalue weighted by Gasteiger charge is -2.14. The highest BCUT2D eigenvalue weighted by Gasteiger charge is 2.14. The van der Waals surface area contributed by atoms with Crippen molar-refractivity contribution in [3.05, 3.63) is 63.9 Å². The molecular weight excluding hydrogens is 370 g/mol. The fraction of sp³-hybridized carbons (Fsp3) is 0.318. The van der Waals surface area contributed by atoms with E-state index in [4.69, 9.17) is 0 Å². The number of aromatic nitrogens is 2. The van der Waals surface area contributed by atoms with Crippen LogP contribution in [0.2, 0.25) is 0 Å². The molecule has 0 radical (unpaired) electrons. The van der Waals surface area contributed by atoms with E-state index < -0.39 is 0 Å². The number of fused-ring (bicyclic) bond motifs is 1. The fourth-order valence-corrected chi connectivity index (χ4v) is 3.91. The Kier molecular flexibility index (Phi) is 6.52. The van der Waals surface area contributed by atoms with E-state index in [0.717, 1.165) is 29.7 Å². The van der Waals surface area contributed by atoms with E-state index in [1.807, 2.05) is 50.2 Å². The second kappa shape index (κ2) is 9.06. The number of carbonyl (C=O) groups is 1. The van der Waals surface area contributed by atoms with Crippen molar-refractivity contribution in [1.82, 2.24) is 9.55 Å². The van der Waals surface area contributed by atoms with Gasteiger partial charge in [0.05, 0.1) is 16.7 Å². The van der Waals surface area contributed by atoms with Crippen molar-refractivity contribution in [3.8, 4) is 0 Å². The molecule has 0 unspecified atom stereocenters. The normalized spacial score (nSPS) is 11.0. The highest BCUT2D eigenvalue weighted by molar-refractivity contribution is 7.99. The first-order valence-electron chi connectivity index (χ1n) is 9.49. The first-order chi connectivity index (χ1) is 13.5. The van der Waals surface area contributed by atoms with Crippen LogP contribution in [0, 0.1) is 13.8 Å². The number of aryl methyl sites for hydroxylation is 2. The molecule has 0 bridgehead atoms. The highest BCUT2D eigenvalue weighted by atomic mass is 32.2. The van der Waals surface area contributed by atoms with Gasteiger partial charge in [-0.05, 0) is 43.5 Å². The Hall–Kier alpha value is -2.60. The largest absolute Gasteiger partial charge is 0.325 e. The van der Waals surface area contributed by atoms with Gasteiger partial charge in [0.2, 0.25) is 5.91 Å². The number of hydrogen-bond donors (Lipinski definition) is 1. The zero-order valence-electron chi connectivity index (χ0n) is 16.5. The first-order valence-corrected chi connectivity index (χ1v) is 10.5. The molecule has 1 amide bonds. The minimum Gasteiger partial charge on any atom is -0.325 e. The van der Waals surface area contributed by atoms with Gasteiger partial charge in [0.25, 0.3) is 5.56 Å². The van der Waals surface area contributed by atoms with E-state index in [9.17, 15) is 9.59 Å². The third-order valence-corrected chi connectivity index (χ3v) is 5.62. The Morgan fingerprint density at radius 3 is 2.54 bits per heavy atom. The Labute approximate surface area is 169 Å². The summed E-state index contributed by atoms with van der Waals surface area (Å²) in [6, 6.07) is 13.3. The van der Waals surface area contributed by atoms with Gasteiger partial charge in [0, 0.05) is 12.2 Å². The topological polar surface area (TPSA) is 64.0 Å². The van der Waals surface area contributed by atoms with Crippen LogP contribution in [-0.4, -0.2) is 21.2 Å². The van der Waals surface area contributed by atoms with Gasteiger partial charge in [-0.15, -0.1) is 0 Å². The molecule has 2 aromatic carbocycles. The zero-order valence-corrected chi connectivity index (χ0v) is 17.3. The molecule has 1 aromatic heterocycles. The molecule has 28 heavy (non-hydrogen) atoms. The summed E-state index contributed by atoms with van der Waals surface area (Å²) in [6.45, 7) is 6.64. The SMILES string of the molecule is CCCCn1c(SCC(=O)Nc2c(C)cccc2C)nc2ccccc2c1=O. The van der Waals surface area contributed by atoms with Crippen LogP contribution in [0.1, 0.15) is 30.9 Å². The molecule has 0 atom stereocenters. The smallest absolute Gasteiger partial charge is 0.262 e. The number of unbranched alkanes of at least 4 members (excludes halogenated alkanes) is 1. The van der Waals surface area contributed by atoms with Gasteiger partial charge in [-0.2, -0.15) is 0 Å². The van der Waals surface area contributed by atoms with Gasteiger partial charge in [-0.3, -0.25) is 14.2 Å². The van der Waals surface area contributed by atoms with E-state index in [-0.39, 0.29) is 17.2 Å². The maximum absolute atomic E-state index is 12.9. The first kappa shape index (κ1) is 20.1. The summed E-state index contributed by atoms with van der Waals surface area (Å²) in [7, 11) is 0. The molecule has 5 nitrogen and oxygen atoms in total. The summed E-state index contributed by atoms with van der Waals surface area (Å²) in [5.74, 6) is 0.0943. The number of nitrogens with one attached hydrogen (secondary N) is 1. The molecule has 3 aromatic rings. The van der Waals surface area contributed by atoms with Crippen LogP contribution >= 0.6 is 11.8 Å². The summed E-state index contributed by atoms with van der Waals surface area (Å²) in [5, 5.41) is 4.19. The van der Waals surface area contributed by atoms with Gasteiger partial charge in [0.1, 0.15) is 0 Å². The average Bonchev–Trinajstić information content (AvgIpc) is 2.69. The minimum absolute atomic E-state index is 0.0447. The predicted octanol–water partition coefficient (Wildman–Crippen LogP) is 4.54. The number of thioether (sulfide) groups is 1. The monoisotopic (exact) mass is 395 g/mol. The van der Waals surface area contributed by atoms with Crippen molar-refractivity contribution in [2.75, 3.05) is 11.1 Å². The lowest BCUT2D eigenvalue weighted by atomic mass is 10.1. The number of carbonyl (C=O) groups excluding carboxylic acids is 1. The number of hydrogen-bond acceptors (Lipinski definition) is 4. The maximum atomic E-state index is 12.9. The van der Waals surface area contributed by atoms with Crippen LogP contribution in [0.25, 0.3) is 10.9 Å². The van der Waals surface area contributed by atoms with Crippen molar-refractivity contribution in [1.29, 1.82) is 0 Å². The molecule has 0 spiro atoms. The van der Waals surface area contributed by atoms with Crippen LogP contribution in [-0.2, 0) is 11.3 Å². The van der Waals surface area contributed by atoms with Crippen molar-refractivity contribution >= 4 is 34.3 Å². The molecule has 3 rings (SSSR count). The third-order valence-electron chi connectivity index (χ3n) is 4.64. The zero-order chi connectivity index (χ0) is 20.1. The number of rotatable bonds is 7. The van der Waals surface area contributed by atoms with Crippen LogP contribution < -0.4 is 10.9 Å². The summed E-state index contributed by atoms with van der Waals surface area (Å²) in [6.07, 6.45) is 1.87. The van der Waals surface area contributed by atoms with Crippen molar-refractivity contribution in [2.45, 2.75) is 45.3 Å². The summed E-state index contributed by atoms with van der Waals surface area (Å²) < 4.78 is 1.70. The van der Waals surface area contributed by atoms with Gasteiger partial charge in [-0.1, -0.05) is 55.4 Å². The molecule has 0 aliphatic heterocycles. The predicted molar refractivity (Wildman–Crippen MR) is 116 cm³/mol. The lowest BCUT2D eigenvalue weighted by molar-refractivity contribution is -0.113. The Morgan fingerprint density at radius 2 is 1.82 bits per heavy atom. The van der Waals surface area contributed by atoms with E-state index in [2.05, 4.69) is 17.2 Å². The molecule has 1 heterocycles. The Bertz CT molecular complexity index is 1040. The van der Waals surface area contributed by atoms with E-state index in [0.29, 0.717) is 22.6 Å².